The highest BCUT2D eigenvalue weighted by atomic mass is 32.2. The number of carbonyl (C=O) groups is 1. The zero-order valence-corrected chi connectivity index (χ0v) is 12.7. The second kappa shape index (κ2) is 7.15. The number of rotatable bonds is 5. The van der Waals surface area contributed by atoms with Crippen molar-refractivity contribution in [3.8, 4) is 11.1 Å². The van der Waals surface area contributed by atoms with Gasteiger partial charge in [0.25, 0.3) is 0 Å². The molecule has 0 radical (unpaired) electrons. The fourth-order valence-electron chi connectivity index (χ4n) is 2.03. The number of carbonyl (C=O) groups excluding carboxylic acids is 1. The van der Waals surface area contributed by atoms with E-state index >= 15 is 0 Å². The van der Waals surface area contributed by atoms with Crippen LogP contribution in [-0.2, 0) is 11.3 Å². The largest absolute Gasteiger partial charge is 0.341 e. The Kier molecular flexibility index (Phi) is 5.24. The summed E-state index contributed by atoms with van der Waals surface area (Å²) in [5.41, 5.74) is 3.57. The fraction of sp³-hybridized carbons (Fsp3) is 0.235. The van der Waals surface area contributed by atoms with Gasteiger partial charge in [0.2, 0.25) is 5.91 Å². The number of thioether (sulfide) groups is 1. The van der Waals surface area contributed by atoms with Crippen molar-refractivity contribution in [2.75, 3.05) is 19.1 Å². The third-order valence-corrected chi connectivity index (χ3v) is 3.71. The molecule has 3 heteroatoms. The van der Waals surface area contributed by atoms with Crippen LogP contribution >= 0.6 is 11.8 Å². The molecule has 2 rings (SSSR count). The summed E-state index contributed by atoms with van der Waals surface area (Å²) in [5.74, 6) is 0.711. The maximum absolute atomic E-state index is 11.7. The third-order valence-electron chi connectivity index (χ3n) is 3.17. The first-order valence-corrected chi connectivity index (χ1v) is 7.97. The molecule has 0 aromatic heterocycles. The SMILES string of the molecule is CSCC(=O)N(C)Cc1ccc(-c2ccccc2)cc1. The molecule has 0 aliphatic carbocycles. The summed E-state index contributed by atoms with van der Waals surface area (Å²) in [5, 5.41) is 0. The van der Waals surface area contributed by atoms with Crippen molar-refractivity contribution in [3.05, 3.63) is 60.2 Å². The first-order valence-electron chi connectivity index (χ1n) is 6.58. The number of benzene rings is 2. The predicted octanol–water partition coefficient (Wildman–Crippen LogP) is 3.68. The summed E-state index contributed by atoms with van der Waals surface area (Å²) in [6, 6.07) is 18.7. The van der Waals surface area contributed by atoms with Crippen molar-refractivity contribution < 1.29 is 4.79 Å². The Morgan fingerprint density at radius 1 is 1.00 bits per heavy atom. The van der Waals surface area contributed by atoms with Crippen molar-refractivity contribution in [1.82, 2.24) is 4.90 Å². The molecule has 0 aliphatic heterocycles. The van der Waals surface area contributed by atoms with Crippen LogP contribution < -0.4 is 0 Å². The first kappa shape index (κ1) is 14.7. The zero-order valence-electron chi connectivity index (χ0n) is 11.9. The molecular formula is C17H19NOS. The van der Waals surface area contributed by atoms with Crippen LogP contribution in [0.5, 0.6) is 0 Å². The molecule has 20 heavy (non-hydrogen) atoms. The van der Waals surface area contributed by atoms with E-state index in [0.717, 1.165) is 5.56 Å². The van der Waals surface area contributed by atoms with Gasteiger partial charge in [-0.15, -0.1) is 0 Å². The van der Waals surface area contributed by atoms with Gasteiger partial charge >= 0.3 is 0 Å². The van der Waals surface area contributed by atoms with Gasteiger partial charge in [0.15, 0.2) is 0 Å². The second-order valence-corrected chi connectivity index (χ2v) is 5.61. The van der Waals surface area contributed by atoms with Crippen molar-refractivity contribution in [2.45, 2.75) is 6.54 Å². The van der Waals surface area contributed by atoms with Crippen LogP contribution in [0, 0.1) is 0 Å². The van der Waals surface area contributed by atoms with E-state index in [1.165, 1.54) is 11.1 Å². The van der Waals surface area contributed by atoms with E-state index in [1.54, 1.807) is 16.7 Å². The minimum Gasteiger partial charge on any atom is -0.341 e. The summed E-state index contributed by atoms with van der Waals surface area (Å²) in [7, 11) is 1.85. The molecule has 0 N–H and O–H groups in total. The highest BCUT2D eigenvalue weighted by Crippen LogP contribution is 2.19. The number of nitrogens with zero attached hydrogens (tertiary/aromatic N) is 1. The molecule has 2 nitrogen and oxygen atoms in total. The average molecular weight is 285 g/mol. The van der Waals surface area contributed by atoms with Crippen molar-refractivity contribution >= 4 is 17.7 Å². The summed E-state index contributed by atoms with van der Waals surface area (Å²) < 4.78 is 0. The van der Waals surface area contributed by atoms with Gasteiger partial charge in [-0.25, -0.2) is 0 Å². The number of hydrogen-bond acceptors (Lipinski definition) is 2. The van der Waals surface area contributed by atoms with Crippen molar-refractivity contribution in [2.24, 2.45) is 0 Å². The molecule has 2 aromatic carbocycles. The Balaban J connectivity index is 2.04. The lowest BCUT2D eigenvalue weighted by Gasteiger charge is -2.17. The quantitative estimate of drug-likeness (QED) is 0.835. The van der Waals surface area contributed by atoms with Crippen molar-refractivity contribution in [3.63, 3.8) is 0 Å². The van der Waals surface area contributed by atoms with Crippen LogP contribution in [0.4, 0.5) is 0 Å². The molecule has 104 valence electrons. The van der Waals surface area contributed by atoms with Crippen LogP contribution in [0.3, 0.4) is 0 Å². The lowest BCUT2D eigenvalue weighted by Crippen LogP contribution is -2.27. The second-order valence-electron chi connectivity index (χ2n) is 4.75. The van der Waals surface area contributed by atoms with Crippen LogP contribution in [0.1, 0.15) is 5.56 Å². The van der Waals surface area contributed by atoms with E-state index in [9.17, 15) is 4.79 Å². The van der Waals surface area contributed by atoms with Crippen LogP contribution in [0.2, 0.25) is 0 Å². The summed E-state index contributed by atoms with van der Waals surface area (Å²) in [6.07, 6.45) is 1.94. The van der Waals surface area contributed by atoms with Crippen LogP contribution in [0.25, 0.3) is 11.1 Å². The van der Waals surface area contributed by atoms with Gasteiger partial charge in [0, 0.05) is 13.6 Å². The van der Waals surface area contributed by atoms with Crippen molar-refractivity contribution in [1.29, 1.82) is 0 Å². The molecule has 2 aromatic rings. The van der Waals surface area contributed by atoms with E-state index in [0.29, 0.717) is 12.3 Å². The summed E-state index contributed by atoms with van der Waals surface area (Å²) in [6.45, 7) is 0.661. The Morgan fingerprint density at radius 3 is 2.20 bits per heavy atom. The van der Waals surface area contributed by atoms with Gasteiger partial charge in [-0.3, -0.25) is 4.79 Å². The third kappa shape index (κ3) is 3.87. The Bertz CT molecular complexity index is 551. The van der Waals surface area contributed by atoms with Crippen LogP contribution in [0.15, 0.2) is 54.6 Å². The molecule has 0 saturated heterocycles. The Morgan fingerprint density at radius 2 is 1.60 bits per heavy atom. The molecule has 1 amide bonds. The van der Waals surface area contributed by atoms with Gasteiger partial charge in [-0.2, -0.15) is 11.8 Å². The molecule has 0 unspecified atom stereocenters. The minimum absolute atomic E-state index is 0.171. The van der Waals surface area contributed by atoms with Crippen LogP contribution in [-0.4, -0.2) is 29.9 Å². The summed E-state index contributed by atoms with van der Waals surface area (Å²) in [4.78, 5) is 13.5. The maximum atomic E-state index is 11.7. The van der Waals surface area contributed by atoms with E-state index in [2.05, 4.69) is 36.4 Å². The normalized spacial score (nSPS) is 10.3. The molecule has 0 aliphatic rings. The highest BCUT2D eigenvalue weighted by Gasteiger charge is 2.08. The predicted molar refractivity (Wildman–Crippen MR) is 86.7 cm³/mol. The number of hydrogen-bond donors (Lipinski definition) is 0. The van der Waals surface area contributed by atoms with E-state index < -0.39 is 0 Å². The lowest BCUT2D eigenvalue weighted by atomic mass is 10.0. The molecular weight excluding hydrogens is 266 g/mol. The van der Waals surface area contributed by atoms with Gasteiger partial charge in [0.05, 0.1) is 5.75 Å². The fourth-order valence-corrected chi connectivity index (χ4v) is 2.50. The van der Waals surface area contributed by atoms with Gasteiger partial charge in [-0.1, -0.05) is 54.6 Å². The minimum atomic E-state index is 0.171. The highest BCUT2D eigenvalue weighted by molar-refractivity contribution is 7.99. The Labute approximate surface area is 124 Å². The monoisotopic (exact) mass is 285 g/mol. The summed E-state index contributed by atoms with van der Waals surface area (Å²) >= 11 is 1.56. The molecule has 0 bridgehead atoms. The maximum Gasteiger partial charge on any atom is 0.232 e. The molecule has 0 saturated carbocycles. The zero-order chi connectivity index (χ0) is 14.4. The van der Waals surface area contributed by atoms with Gasteiger partial charge < -0.3 is 4.90 Å². The van der Waals surface area contributed by atoms with E-state index in [4.69, 9.17) is 0 Å². The molecule has 0 atom stereocenters. The topological polar surface area (TPSA) is 20.3 Å². The van der Waals surface area contributed by atoms with Gasteiger partial charge in [0.1, 0.15) is 0 Å². The Hall–Kier alpha value is -1.74. The van der Waals surface area contributed by atoms with E-state index in [1.807, 2.05) is 31.5 Å². The number of amides is 1. The molecule has 0 fully saturated rings. The standard InChI is InChI=1S/C17H19NOS/c1-18(17(19)13-20-2)12-14-8-10-16(11-9-14)15-6-4-3-5-7-15/h3-11H,12-13H2,1-2H3. The van der Waals surface area contributed by atoms with Gasteiger partial charge in [-0.05, 0) is 22.9 Å². The first-order chi connectivity index (χ1) is 9.70. The average Bonchev–Trinajstić information content (AvgIpc) is 2.49. The molecule has 0 spiro atoms. The van der Waals surface area contributed by atoms with E-state index in [-0.39, 0.29) is 5.91 Å². The lowest BCUT2D eigenvalue weighted by molar-refractivity contribution is -0.127. The molecule has 0 heterocycles. The smallest absolute Gasteiger partial charge is 0.232 e.